The second-order valence-corrected chi connectivity index (χ2v) is 7.52. The van der Waals surface area contributed by atoms with Crippen molar-refractivity contribution in [2.24, 2.45) is 0 Å². The van der Waals surface area contributed by atoms with Crippen molar-refractivity contribution in [2.45, 2.75) is 25.9 Å². The second kappa shape index (κ2) is 7.97. The van der Waals surface area contributed by atoms with Gasteiger partial charge in [-0.3, -0.25) is 4.79 Å². The molecule has 0 aliphatic carbocycles. The van der Waals surface area contributed by atoms with Crippen LogP contribution in [0.15, 0.2) is 67.2 Å². The molecule has 32 heavy (non-hydrogen) atoms. The third-order valence-electron chi connectivity index (χ3n) is 5.28. The first kappa shape index (κ1) is 20.0. The van der Waals surface area contributed by atoms with Gasteiger partial charge >= 0.3 is 11.6 Å². The van der Waals surface area contributed by atoms with Crippen LogP contribution in [-0.2, 0) is 9.53 Å². The minimum atomic E-state index is -0.566. The molecule has 2 aromatic heterocycles. The van der Waals surface area contributed by atoms with Crippen molar-refractivity contribution in [3.05, 3.63) is 74.9 Å². The monoisotopic (exact) mass is 434 g/mol. The molecule has 1 atom stereocenters. The van der Waals surface area contributed by atoms with Gasteiger partial charge in [0.2, 0.25) is 11.2 Å². The van der Waals surface area contributed by atoms with E-state index in [-0.39, 0.29) is 22.5 Å². The second-order valence-electron chi connectivity index (χ2n) is 7.52. The Morgan fingerprint density at radius 2 is 1.78 bits per heavy atom. The molecule has 2 aromatic carbocycles. The molecule has 8 heteroatoms. The number of esters is 1. The van der Waals surface area contributed by atoms with Crippen LogP contribution >= 0.6 is 0 Å². The van der Waals surface area contributed by atoms with Gasteiger partial charge in [-0.25, -0.2) is 9.59 Å². The Morgan fingerprint density at radius 1 is 1.00 bits per heavy atom. The van der Waals surface area contributed by atoms with Crippen LogP contribution in [0.4, 0.5) is 0 Å². The van der Waals surface area contributed by atoms with Crippen LogP contribution in [0.3, 0.4) is 0 Å². The number of fused-ring (bicyclic) bond motifs is 2. The van der Waals surface area contributed by atoms with E-state index < -0.39 is 23.1 Å². The summed E-state index contributed by atoms with van der Waals surface area (Å²) in [6.07, 6.45) is 2.06. The Bertz CT molecular complexity index is 1460. The molecular formula is C24H18O8. The van der Waals surface area contributed by atoms with Crippen molar-refractivity contribution < 1.29 is 27.8 Å². The average molecular weight is 434 g/mol. The summed E-state index contributed by atoms with van der Waals surface area (Å²) in [6.45, 7) is 2.35. The van der Waals surface area contributed by atoms with E-state index in [1.165, 1.54) is 30.5 Å². The van der Waals surface area contributed by atoms with Gasteiger partial charge in [-0.15, -0.1) is 0 Å². The summed E-state index contributed by atoms with van der Waals surface area (Å²) in [5.41, 5.74) is 0.530. The van der Waals surface area contributed by atoms with Crippen molar-refractivity contribution >= 4 is 27.9 Å². The lowest BCUT2D eigenvalue weighted by Crippen LogP contribution is -2.24. The largest absolute Gasteiger partial charge is 0.460 e. The number of ether oxygens (including phenoxy) is 3. The third-order valence-corrected chi connectivity index (χ3v) is 5.28. The topological polar surface area (TPSA) is 105 Å². The van der Waals surface area contributed by atoms with E-state index in [0.717, 1.165) is 17.4 Å². The van der Waals surface area contributed by atoms with Crippen molar-refractivity contribution in [1.82, 2.24) is 0 Å². The fraction of sp³-hybridized carbons (Fsp3) is 0.208. The van der Waals surface area contributed by atoms with Gasteiger partial charge in [0.25, 0.3) is 0 Å². The molecule has 3 heterocycles. The average Bonchev–Trinajstić information content (AvgIpc) is 3.30. The molecular weight excluding hydrogens is 416 g/mol. The zero-order valence-electron chi connectivity index (χ0n) is 17.1. The van der Waals surface area contributed by atoms with Gasteiger partial charge in [0.15, 0.2) is 6.10 Å². The van der Waals surface area contributed by atoms with E-state index in [9.17, 15) is 14.4 Å². The normalized spacial score (nSPS) is 15.8. The molecule has 1 unspecified atom stereocenters. The van der Waals surface area contributed by atoms with Crippen LogP contribution < -0.4 is 20.5 Å². The Hall–Kier alpha value is -3.91. The Morgan fingerprint density at radius 3 is 2.59 bits per heavy atom. The molecule has 0 N–H and O–H groups in total. The quantitative estimate of drug-likeness (QED) is 0.269. The lowest BCUT2D eigenvalue weighted by Gasteiger charge is -2.10. The van der Waals surface area contributed by atoms with Crippen LogP contribution in [0, 0.1) is 6.92 Å². The van der Waals surface area contributed by atoms with Gasteiger partial charge in [-0.05, 0) is 49.6 Å². The Kier molecular flexibility index (Phi) is 4.99. The van der Waals surface area contributed by atoms with Gasteiger partial charge in [-0.2, -0.15) is 0 Å². The molecule has 1 aliphatic rings. The highest BCUT2D eigenvalue weighted by Crippen LogP contribution is 2.27. The van der Waals surface area contributed by atoms with Gasteiger partial charge in [0.1, 0.15) is 28.9 Å². The fourth-order valence-electron chi connectivity index (χ4n) is 3.67. The molecule has 8 nitrogen and oxygen atoms in total. The first-order valence-corrected chi connectivity index (χ1v) is 10.1. The summed E-state index contributed by atoms with van der Waals surface area (Å²) in [5, 5.41) is 1.04. The zero-order valence-corrected chi connectivity index (χ0v) is 17.1. The van der Waals surface area contributed by atoms with Crippen LogP contribution in [-0.4, -0.2) is 18.7 Å². The molecule has 162 valence electrons. The summed E-state index contributed by atoms with van der Waals surface area (Å²) in [5.74, 6) is 0.0769. The Balaban J connectivity index is 1.42. The molecule has 0 radical (unpaired) electrons. The molecule has 1 aliphatic heterocycles. The summed E-state index contributed by atoms with van der Waals surface area (Å²) < 4.78 is 27.1. The fourth-order valence-corrected chi connectivity index (χ4v) is 3.67. The molecule has 1 saturated heterocycles. The van der Waals surface area contributed by atoms with E-state index in [0.29, 0.717) is 24.4 Å². The number of benzene rings is 2. The number of hydrogen-bond donors (Lipinski definition) is 0. The highest BCUT2D eigenvalue weighted by atomic mass is 16.6. The number of rotatable bonds is 4. The van der Waals surface area contributed by atoms with E-state index in [4.69, 9.17) is 23.0 Å². The lowest BCUT2D eigenvalue weighted by molar-refractivity contribution is -0.144. The minimum Gasteiger partial charge on any atom is -0.460 e. The molecule has 1 fully saturated rings. The van der Waals surface area contributed by atoms with Crippen molar-refractivity contribution in [2.75, 3.05) is 6.61 Å². The van der Waals surface area contributed by atoms with E-state index >= 15 is 0 Å². The first-order chi connectivity index (χ1) is 15.5. The first-order valence-electron chi connectivity index (χ1n) is 10.1. The number of carbonyl (C=O) groups excluding carboxylic acids is 1. The molecule has 0 amide bonds. The number of aryl methyl sites for hydroxylation is 1. The summed E-state index contributed by atoms with van der Waals surface area (Å²) in [6, 6.07) is 10.9. The molecule has 5 rings (SSSR count). The summed E-state index contributed by atoms with van der Waals surface area (Å²) in [4.78, 5) is 36.6. The highest BCUT2D eigenvalue weighted by Gasteiger charge is 2.25. The number of carbonyl (C=O) groups is 1. The predicted molar refractivity (Wildman–Crippen MR) is 114 cm³/mol. The van der Waals surface area contributed by atoms with Crippen molar-refractivity contribution in [3.8, 4) is 17.2 Å². The van der Waals surface area contributed by atoms with Crippen LogP contribution in [0.5, 0.6) is 17.2 Å². The SMILES string of the molecule is Cc1cc(=O)oc2cc(Oc3coc4cc(OC(=O)C5CCCO5)ccc4c3=O)ccc12. The van der Waals surface area contributed by atoms with E-state index in [1.807, 2.05) is 6.92 Å². The molecule has 4 aromatic rings. The predicted octanol–water partition coefficient (Wildman–Crippen LogP) is 4.08. The van der Waals surface area contributed by atoms with Crippen LogP contribution in [0.25, 0.3) is 21.9 Å². The van der Waals surface area contributed by atoms with E-state index in [1.54, 1.807) is 18.2 Å². The van der Waals surface area contributed by atoms with E-state index in [2.05, 4.69) is 0 Å². The highest BCUT2D eigenvalue weighted by molar-refractivity contribution is 5.83. The van der Waals surface area contributed by atoms with Crippen molar-refractivity contribution in [3.63, 3.8) is 0 Å². The maximum absolute atomic E-state index is 12.9. The molecule has 0 bridgehead atoms. The Labute approximate surface area is 180 Å². The van der Waals surface area contributed by atoms with Gasteiger partial charge in [-0.1, -0.05) is 0 Å². The van der Waals surface area contributed by atoms with Crippen LogP contribution in [0.2, 0.25) is 0 Å². The van der Waals surface area contributed by atoms with Gasteiger partial charge in [0, 0.05) is 30.2 Å². The van der Waals surface area contributed by atoms with Gasteiger partial charge in [0.05, 0.1) is 5.39 Å². The summed E-state index contributed by atoms with van der Waals surface area (Å²) >= 11 is 0. The van der Waals surface area contributed by atoms with Gasteiger partial charge < -0.3 is 23.0 Å². The standard InChI is InChI=1S/C24H18O8/c1-13-9-22(25)32-20-11-14(4-6-16(13)20)30-21-12-29-19-10-15(5-7-17(19)23(21)26)31-24(27)18-3-2-8-28-18/h4-7,9-12,18H,2-3,8H2,1H3. The smallest absolute Gasteiger partial charge is 0.340 e. The van der Waals surface area contributed by atoms with Crippen LogP contribution in [0.1, 0.15) is 18.4 Å². The maximum Gasteiger partial charge on any atom is 0.340 e. The third kappa shape index (κ3) is 3.76. The zero-order chi connectivity index (χ0) is 22.2. The minimum absolute atomic E-state index is 0.0315. The van der Waals surface area contributed by atoms with Crippen molar-refractivity contribution in [1.29, 1.82) is 0 Å². The molecule has 0 saturated carbocycles. The lowest BCUT2D eigenvalue weighted by atomic mass is 10.1. The summed E-state index contributed by atoms with van der Waals surface area (Å²) in [7, 11) is 0. The molecule has 0 spiro atoms. The number of hydrogen-bond acceptors (Lipinski definition) is 8. The maximum atomic E-state index is 12.9.